The van der Waals surface area contributed by atoms with Gasteiger partial charge in [0.15, 0.2) is 5.96 Å². The third-order valence-corrected chi connectivity index (χ3v) is 4.33. The molecule has 1 aromatic rings. The first-order chi connectivity index (χ1) is 12.1. The molecule has 0 radical (unpaired) electrons. The number of aryl methyl sites for hydroxylation is 1. The summed E-state index contributed by atoms with van der Waals surface area (Å²) in [7, 11) is 1.79. The molecule has 1 aromatic carbocycles. The van der Waals surface area contributed by atoms with Crippen molar-refractivity contribution in [3.05, 3.63) is 35.4 Å². The number of carbonyl (C=O) groups is 1. The number of hydrogen-bond acceptors (Lipinski definition) is 3. The number of halogens is 1. The summed E-state index contributed by atoms with van der Waals surface area (Å²) in [6.07, 6.45) is 2.42. The van der Waals surface area contributed by atoms with Gasteiger partial charge in [0.1, 0.15) is 0 Å². The van der Waals surface area contributed by atoms with Crippen molar-refractivity contribution in [1.29, 1.82) is 0 Å². The van der Waals surface area contributed by atoms with Crippen LogP contribution in [-0.2, 0) is 4.74 Å². The first-order valence-corrected chi connectivity index (χ1v) is 9.06. The van der Waals surface area contributed by atoms with Crippen molar-refractivity contribution >= 4 is 35.8 Å². The minimum Gasteiger partial charge on any atom is -0.378 e. The van der Waals surface area contributed by atoms with E-state index in [0.29, 0.717) is 24.8 Å². The summed E-state index contributed by atoms with van der Waals surface area (Å²) in [5, 5.41) is 6.26. The molecule has 0 spiro atoms. The Morgan fingerprint density at radius 1 is 1.27 bits per heavy atom. The molecule has 7 heteroatoms. The number of ether oxygens (including phenoxy) is 1. The summed E-state index contributed by atoms with van der Waals surface area (Å²) in [6, 6.07) is 7.61. The second-order valence-corrected chi connectivity index (χ2v) is 6.24. The molecule has 0 saturated carbocycles. The van der Waals surface area contributed by atoms with Gasteiger partial charge in [0, 0.05) is 45.4 Å². The van der Waals surface area contributed by atoms with Crippen LogP contribution in [0.1, 0.15) is 35.7 Å². The molecule has 2 N–H and O–H groups in total. The van der Waals surface area contributed by atoms with E-state index in [2.05, 4.69) is 20.5 Å². The number of hydrogen-bond donors (Lipinski definition) is 2. The quantitative estimate of drug-likeness (QED) is 0.288. The standard InChI is InChI=1S/C19H30N4O2.HI/c1-4-25-17-8-12-23(13-9-17)19(20-3)22-11-10-21-18(24)16-7-5-6-15(2)14-16;/h5-7,14,17H,4,8-13H2,1-3H3,(H,20,22)(H,21,24);1H. The topological polar surface area (TPSA) is 66.0 Å². The molecule has 0 bridgehead atoms. The number of carbonyl (C=O) groups excluding carboxylic acids is 1. The first kappa shape index (κ1) is 22.7. The van der Waals surface area contributed by atoms with E-state index in [4.69, 9.17) is 4.74 Å². The Kier molecular flexibility index (Phi) is 10.6. The molecule has 0 aromatic heterocycles. The van der Waals surface area contributed by atoms with Crippen LogP contribution in [-0.4, -0.2) is 62.7 Å². The highest BCUT2D eigenvalue weighted by molar-refractivity contribution is 14.0. The maximum atomic E-state index is 12.1. The number of likely N-dealkylation sites (tertiary alicyclic amines) is 1. The number of rotatable bonds is 6. The van der Waals surface area contributed by atoms with E-state index in [1.807, 2.05) is 38.1 Å². The predicted molar refractivity (Wildman–Crippen MR) is 117 cm³/mol. The lowest BCUT2D eigenvalue weighted by atomic mass is 10.1. The molecule has 1 heterocycles. The Hall–Kier alpha value is -1.35. The molecule has 1 amide bonds. The zero-order valence-electron chi connectivity index (χ0n) is 16.0. The van der Waals surface area contributed by atoms with Gasteiger partial charge in [-0.1, -0.05) is 17.7 Å². The fourth-order valence-electron chi connectivity index (χ4n) is 3.04. The van der Waals surface area contributed by atoms with Gasteiger partial charge in [-0.3, -0.25) is 9.79 Å². The molecule has 0 unspecified atom stereocenters. The smallest absolute Gasteiger partial charge is 0.251 e. The number of amides is 1. The molecule has 1 aliphatic rings. The van der Waals surface area contributed by atoms with Crippen molar-refractivity contribution < 1.29 is 9.53 Å². The predicted octanol–water partition coefficient (Wildman–Crippen LogP) is 2.42. The number of nitrogens with one attached hydrogen (secondary N) is 2. The summed E-state index contributed by atoms with van der Waals surface area (Å²) in [5.74, 6) is 0.845. The summed E-state index contributed by atoms with van der Waals surface area (Å²) in [5.41, 5.74) is 1.78. The maximum absolute atomic E-state index is 12.1. The minimum absolute atomic E-state index is 0. The lowest BCUT2D eigenvalue weighted by Crippen LogP contribution is -2.48. The highest BCUT2D eigenvalue weighted by Crippen LogP contribution is 2.13. The van der Waals surface area contributed by atoms with Crippen molar-refractivity contribution in [2.75, 3.05) is 39.8 Å². The minimum atomic E-state index is -0.0435. The SMILES string of the molecule is CCOC1CCN(C(=NC)NCCNC(=O)c2cccc(C)c2)CC1.I. The van der Waals surface area contributed by atoms with E-state index in [1.165, 1.54) is 0 Å². The Morgan fingerprint density at radius 2 is 1.96 bits per heavy atom. The highest BCUT2D eigenvalue weighted by atomic mass is 127. The third kappa shape index (κ3) is 7.11. The number of aliphatic imine (C=N–C) groups is 1. The summed E-state index contributed by atoms with van der Waals surface area (Å²) >= 11 is 0. The Balaban J connectivity index is 0.00000338. The molecule has 26 heavy (non-hydrogen) atoms. The van der Waals surface area contributed by atoms with Crippen LogP contribution in [0.2, 0.25) is 0 Å². The molecule has 1 aliphatic heterocycles. The van der Waals surface area contributed by atoms with Crippen LogP contribution in [0, 0.1) is 6.92 Å². The van der Waals surface area contributed by atoms with Crippen LogP contribution >= 0.6 is 24.0 Å². The van der Waals surface area contributed by atoms with Crippen LogP contribution in [0.25, 0.3) is 0 Å². The van der Waals surface area contributed by atoms with Gasteiger partial charge >= 0.3 is 0 Å². The third-order valence-electron chi connectivity index (χ3n) is 4.33. The van der Waals surface area contributed by atoms with E-state index < -0.39 is 0 Å². The Bertz CT molecular complexity index is 587. The van der Waals surface area contributed by atoms with Crippen LogP contribution in [0.4, 0.5) is 0 Å². The van der Waals surface area contributed by atoms with Crippen molar-refractivity contribution in [1.82, 2.24) is 15.5 Å². The van der Waals surface area contributed by atoms with Crippen LogP contribution in [0.3, 0.4) is 0 Å². The molecule has 146 valence electrons. The summed E-state index contributed by atoms with van der Waals surface area (Å²) < 4.78 is 5.69. The van der Waals surface area contributed by atoms with Crippen LogP contribution < -0.4 is 10.6 Å². The average Bonchev–Trinajstić information content (AvgIpc) is 2.63. The van der Waals surface area contributed by atoms with Gasteiger partial charge in [0.25, 0.3) is 5.91 Å². The first-order valence-electron chi connectivity index (χ1n) is 9.06. The monoisotopic (exact) mass is 474 g/mol. The molecule has 1 saturated heterocycles. The molecule has 0 atom stereocenters. The van der Waals surface area contributed by atoms with Crippen LogP contribution in [0.15, 0.2) is 29.3 Å². The number of nitrogens with zero attached hydrogens (tertiary/aromatic N) is 2. The Labute approximate surface area is 173 Å². The van der Waals surface area contributed by atoms with Gasteiger partial charge in [0.2, 0.25) is 0 Å². The fraction of sp³-hybridized carbons (Fsp3) is 0.579. The lowest BCUT2D eigenvalue weighted by Gasteiger charge is -2.34. The molecule has 0 aliphatic carbocycles. The lowest BCUT2D eigenvalue weighted by molar-refractivity contribution is 0.0264. The van der Waals surface area contributed by atoms with Gasteiger partial charge in [-0.2, -0.15) is 0 Å². The van der Waals surface area contributed by atoms with E-state index in [-0.39, 0.29) is 29.9 Å². The van der Waals surface area contributed by atoms with Gasteiger partial charge in [0.05, 0.1) is 6.10 Å². The van der Waals surface area contributed by atoms with E-state index in [0.717, 1.165) is 44.1 Å². The van der Waals surface area contributed by atoms with E-state index >= 15 is 0 Å². The normalized spacial score (nSPS) is 15.3. The molecular formula is C19H31IN4O2. The van der Waals surface area contributed by atoms with Gasteiger partial charge < -0.3 is 20.3 Å². The maximum Gasteiger partial charge on any atom is 0.251 e. The summed E-state index contributed by atoms with van der Waals surface area (Å²) in [4.78, 5) is 18.7. The average molecular weight is 474 g/mol. The van der Waals surface area contributed by atoms with Crippen molar-refractivity contribution in [3.63, 3.8) is 0 Å². The van der Waals surface area contributed by atoms with Crippen LogP contribution in [0.5, 0.6) is 0 Å². The van der Waals surface area contributed by atoms with E-state index in [9.17, 15) is 4.79 Å². The largest absolute Gasteiger partial charge is 0.378 e. The second-order valence-electron chi connectivity index (χ2n) is 6.24. The highest BCUT2D eigenvalue weighted by Gasteiger charge is 2.21. The zero-order chi connectivity index (χ0) is 18.1. The van der Waals surface area contributed by atoms with Gasteiger partial charge in [-0.25, -0.2) is 0 Å². The molecule has 6 nitrogen and oxygen atoms in total. The number of piperidine rings is 1. The zero-order valence-corrected chi connectivity index (χ0v) is 18.3. The molecular weight excluding hydrogens is 443 g/mol. The van der Waals surface area contributed by atoms with Gasteiger partial charge in [-0.15, -0.1) is 24.0 Å². The number of benzene rings is 1. The number of guanidine groups is 1. The van der Waals surface area contributed by atoms with Gasteiger partial charge in [-0.05, 0) is 38.8 Å². The van der Waals surface area contributed by atoms with Crippen molar-refractivity contribution in [3.8, 4) is 0 Å². The fourth-order valence-corrected chi connectivity index (χ4v) is 3.04. The molecule has 1 fully saturated rings. The van der Waals surface area contributed by atoms with E-state index in [1.54, 1.807) is 7.05 Å². The summed E-state index contributed by atoms with van der Waals surface area (Å²) in [6.45, 7) is 7.89. The van der Waals surface area contributed by atoms with Crippen molar-refractivity contribution in [2.24, 2.45) is 4.99 Å². The molecule has 2 rings (SSSR count). The Morgan fingerprint density at radius 3 is 2.58 bits per heavy atom. The second kappa shape index (κ2) is 12.1. The van der Waals surface area contributed by atoms with Crippen molar-refractivity contribution in [2.45, 2.75) is 32.8 Å².